The van der Waals surface area contributed by atoms with Crippen LogP contribution >= 0.6 is 23.2 Å². The first-order valence-electron chi connectivity index (χ1n) is 16.4. The molecule has 270 valence electrons. The number of nitrogens with two attached hydrogens (primary N) is 1. The Bertz CT molecular complexity index is 2340. The van der Waals surface area contributed by atoms with Gasteiger partial charge in [-0.25, -0.2) is 9.78 Å². The molecule has 3 aromatic carbocycles. The fraction of sp³-hybridized carbons (Fsp3) is 0.243. The first-order chi connectivity index (χ1) is 25.2. The summed E-state index contributed by atoms with van der Waals surface area (Å²) in [5.41, 5.74) is 6.05. The lowest BCUT2D eigenvalue weighted by Crippen LogP contribution is -2.53. The van der Waals surface area contributed by atoms with Gasteiger partial charge in [-0.15, -0.1) is 0 Å². The van der Waals surface area contributed by atoms with Gasteiger partial charge in [0.2, 0.25) is 11.8 Å². The Morgan fingerprint density at radius 2 is 1.68 bits per heavy atom. The van der Waals surface area contributed by atoms with Crippen molar-refractivity contribution >= 4 is 69.5 Å². The third kappa shape index (κ3) is 4.95. The number of pyridine rings is 1. The number of imide groups is 4. The molecule has 2 saturated heterocycles. The summed E-state index contributed by atoms with van der Waals surface area (Å²) >= 11 is 12.5. The van der Waals surface area contributed by atoms with Crippen LogP contribution in [-0.4, -0.2) is 49.7 Å². The van der Waals surface area contributed by atoms with Crippen molar-refractivity contribution in [2.45, 2.75) is 30.4 Å². The number of fused-ring (bicyclic) bond motifs is 5. The average molecular weight is 765 g/mol. The number of rotatable bonds is 4. The van der Waals surface area contributed by atoms with Crippen molar-refractivity contribution in [3.63, 3.8) is 0 Å². The average Bonchev–Trinajstić information content (AvgIpc) is 3.50. The third-order valence-electron chi connectivity index (χ3n) is 11.0. The summed E-state index contributed by atoms with van der Waals surface area (Å²) in [7, 11) is 0. The molecular formula is C37H26Cl2F3N5O6. The van der Waals surface area contributed by atoms with Gasteiger partial charge in [-0.05, 0) is 59.4 Å². The number of phenols is 1. The number of nitrogens with zero attached hydrogens (tertiary/aromatic N) is 3. The van der Waals surface area contributed by atoms with Gasteiger partial charge in [-0.1, -0.05) is 77.3 Å². The molecule has 3 heterocycles. The monoisotopic (exact) mass is 763 g/mol. The molecule has 1 aromatic heterocycles. The minimum absolute atomic E-state index is 0.0105. The van der Waals surface area contributed by atoms with Gasteiger partial charge in [0.15, 0.2) is 5.82 Å². The van der Waals surface area contributed by atoms with Crippen molar-refractivity contribution in [3.05, 3.63) is 111 Å². The van der Waals surface area contributed by atoms with Crippen molar-refractivity contribution in [1.29, 1.82) is 0 Å². The van der Waals surface area contributed by atoms with E-state index in [1.807, 2.05) is 0 Å². The number of aromatic hydroxyl groups is 1. The molecular weight excluding hydrogens is 738 g/mol. The van der Waals surface area contributed by atoms with Crippen LogP contribution in [0.3, 0.4) is 0 Å². The van der Waals surface area contributed by atoms with Crippen molar-refractivity contribution in [1.82, 2.24) is 14.9 Å². The molecule has 2 aliphatic heterocycles. The van der Waals surface area contributed by atoms with E-state index in [4.69, 9.17) is 28.9 Å². The third-order valence-corrected chi connectivity index (χ3v) is 11.6. The van der Waals surface area contributed by atoms with Crippen molar-refractivity contribution in [2.24, 2.45) is 29.4 Å². The van der Waals surface area contributed by atoms with E-state index in [1.54, 1.807) is 48.5 Å². The zero-order valence-corrected chi connectivity index (χ0v) is 28.6. The van der Waals surface area contributed by atoms with E-state index in [2.05, 4.69) is 10.4 Å². The van der Waals surface area contributed by atoms with E-state index in [0.29, 0.717) is 49.1 Å². The number of alkyl halides is 3. The van der Waals surface area contributed by atoms with E-state index in [-0.39, 0.29) is 24.2 Å². The summed E-state index contributed by atoms with van der Waals surface area (Å²) in [6, 6.07) is 15.8. The van der Waals surface area contributed by atoms with Crippen LogP contribution < -0.4 is 11.2 Å². The van der Waals surface area contributed by atoms with Crippen LogP contribution in [0.5, 0.6) is 5.75 Å². The number of likely N-dealkylation sites (tertiary alicyclic amines) is 1. The number of aromatic nitrogens is 1. The molecule has 0 bridgehead atoms. The summed E-state index contributed by atoms with van der Waals surface area (Å²) in [6.07, 6.45) is -2.74. The number of allylic oxidation sites excluding steroid dienone is 2. The number of carbonyl (C=O) groups excluding carboxylic acids is 5. The first-order valence-corrected chi connectivity index (χ1v) is 17.1. The molecule has 0 unspecified atom stereocenters. The number of primary amides is 1. The summed E-state index contributed by atoms with van der Waals surface area (Å²) in [6.45, 7) is 0. The summed E-state index contributed by atoms with van der Waals surface area (Å²) in [5.74, 6) is -9.44. The standard InChI is InChI=1S/C37H26Cl2F3N5O6/c38-19-8-6-17(7-9-19)36-24(32(50)47(34(36)52)45-30-25(39)13-18(15-44-30)37(40,41)42)14-23-21(10-11-22-27(23)33(51)46(31(22)49)35(43)53)29(36)28-20-4-2-1-3-16(20)5-12-26(28)48/h1-10,12-13,15,22-24,27,29,48H,11,14H2,(H2,43,53)(H,44,45)/t22-,23+,24-,27-,29+,36+/m0/s1. The number of urea groups is 1. The Morgan fingerprint density at radius 1 is 0.962 bits per heavy atom. The number of hydrogen-bond acceptors (Lipinski definition) is 8. The van der Waals surface area contributed by atoms with Crippen LogP contribution in [0.25, 0.3) is 10.8 Å². The molecule has 2 aliphatic carbocycles. The molecule has 6 atom stereocenters. The van der Waals surface area contributed by atoms with E-state index in [1.165, 1.54) is 18.2 Å². The van der Waals surface area contributed by atoms with Crippen LogP contribution in [-0.2, 0) is 30.8 Å². The number of nitrogens with one attached hydrogen (secondary N) is 1. The number of carbonyl (C=O) groups is 5. The highest BCUT2D eigenvalue weighted by atomic mass is 35.5. The van der Waals surface area contributed by atoms with Crippen LogP contribution in [0, 0.1) is 23.7 Å². The minimum Gasteiger partial charge on any atom is -0.508 e. The molecule has 4 aliphatic rings. The quantitative estimate of drug-likeness (QED) is 0.161. The maximum Gasteiger partial charge on any atom is 0.417 e. The van der Waals surface area contributed by atoms with Crippen molar-refractivity contribution < 1.29 is 42.3 Å². The second kappa shape index (κ2) is 12.0. The van der Waals surface area contributed by atoms with Gasteiger partial charge in [-0.2, -0.15) is 23.1 Å². The molecule has 6 amide bonds. The maximum absolute atomic E-state index is 15.3. The van der Waals surface area contributed by atoms with Gasteiger partial charge in [-0.3, -0.25) is 24.6 Å². The maximum atomic E-state index is 15.3. The highest BCUT2D eigenvalue weighted by Crippen LogP contribution is 2.65. The zero-order valence-electron chi connectivity index (χ0n) is 27.1. The lowest BCUT2D eigenvalue weighted by Gasteiger charge is -2.51. The van der Waals surface area contributed by atoms with Gasteiger partial charge in [0, 0.05) is 22.7 Å². The lowest BCUT2D eigenvalue weighted by atomic mass is 9.48. The van der Waals surface area contributed by atoms with Gasteiger partial charge >= 0.3 is 12.2 Å². The first kappa shape index (κ1) is 34.6. The number of hydrazine groups is 1. The van der Waals surface area contributed by atoms with E-state index in [0.717, 1.165) is 0 Å². The number of hydrogen-bond donors (Lipinski definition) is 3. The summed E-state index contributed by atoms with van der Waals surface area (Å²) < 4.78 is 40.4. The topological polar surface area (TPSA) is 163 Å². The minimum atomic E-state index is -4.78. The fourth-order valence-electron chi connectivity index (χ4n) is 8.90. The number of anilines is 1. The fourth-order valence-corrected chi connectivity index (χ4v) is 9.24. The Morgan fingerprint density at radius 3 is 2.36 bits per heavy atom. The number of phenolic OH excluding ortho intramolecular Hbond substituents is 1. The van der Waals surface area contributed by atoms with E-state index >= 15 is 4.79 Å². The van der Waals surface area contributed by atoms with Crippen LogP contribution in [0.15, 0.2) is 84.6 Å². The predicted octanol–water partition coefficient (Wildman–Crippen LogP) is 6.33. The summed E-state index contributed by atoms with van der Waals surface area (Å²) in [4.78, 5) is 73.9. The second-order valence-electron chi connectivity index (χ2n) is 13.5. The highest BCUT2D eigenvalue weighted by molar-refractivity contribution is 6.33. The van der Waals surface area contributed by atoms with Crippen LogP contribution in [0.4, 0.5) is 23.8 Å². The van der Waals surface area contributed by atoms with Crippen LogP contribution in [0.1, 0.15) is 35.4 Å². The molecule has 0 spiro atoms. The number of halogens is 5. The molecule has 3 fully saturated rings. The molecule has 8 rings (SSSR count). The largest absolute Gasteiger partial charge is 0.508 e. The smallest absolute Gasteiger partial charge is 0.417 e. The molecule has 11 nitrogen and oxygen atoms in total. The normalized spacial score (nSPS) is 26.7. The second-order valence-corrected chi connectivity index (χ2v) is 14.3. The Labute approximate surface area is 308 Å². The zero-order chi connectivity index (χ0) is 37.7. The molecule has 53 heavy (non-hydrogen) atoms. The number of amides is 6. The van der Waals surface area contributed by atoms with Gasteiger partial charge in [0.1, 0.15) is 5.75 Å². The highest BCUT2D eigenvalue weighted by Gasteiger charge is 2.71. The number of benzene rings is 3. The van der Waals surface area contributed by atoms with Crippen LogP contribution in [0.2, 0.25) is 10.0 Å². The van der Waals surface area contributed by atoms with Gasteiger partial charge in [0.25, 0.3) is 11.8 Å². The Hall–Kier alpha value is -5.47. The Balaban J connectivity index is 1.39. The lowest BCUT2D eigenvalue weighted by molar-refractivity contribution is -0.140. The van der Waals surface area contributed by atoms with Crippen molar-refractivity contribution in [3.8, 4) is 5.75 Å². The predicted molar refractivity (Wildman–Crippen MR) is 184 cm³/mol. The SMILES string of the molecule is NC(=O)N1C(=O)[C@H]2[C@H](CC=C3[C@H]2C[C@H]2C(=O)N(Nc4ncc(C(F)(F)F)cc4Cl)C(=O)[C@@]2(c2ccc(Cl)cc2)[C@H]3c2c(O)ccc3ccccc23)C1=O. The molecule has 4 aromatic rings. The Kier molecular flexibility index (Phi) is 7.86. The molecule has 0 radical (unpaired) electrons. The summed E-state index contributed by atoms with van der Waals surface area (Å²) in [5, 5.41) is 13.4. The van der Waals surface area contributed by atoms with E-state index < -0.39 is 87.2 Å². The molecule has 1 saturated carbocycles. The van der Waals surface area contributed by atoms with Gasteiger partial charge in [0.05, 0.1) is 33.8 Å². The van der Waals surface area contributed by atoms with E-state index in [9.17, 15) is 37.5 Å². The van der Waals surface area contributed by atoms with Crippen molar-refractivity contribution in [2.75, 3.05) is 5.43 Å². The molecule has 4 N–H and O–H groups in total. The van der Waals surface area contributed by atoms with Gasteiger partial charge < -0.3 is 10.8 Å². The molecule has 16 heteroatoms.